The highest BCUT2D eigenvalue weighted by atomic mass is 19.1. The average molecular weight is 344 g/mol. The molecule has 2 aromatic carbocycles. The van der Waals surface area contributed by atoms with E-state index in [9.17, 15) is 9.50 Å². The minimum Gasteiger partial charge on any atom is -0.496 e. The van der Waals surface area contributed by atoms with Crippen LogP contribution in [0.3, 0.4) is 0 Å². The van der Waals surface area contributed by atoms with Crippen molar-refractivity contribution in [2.24, 2.45) is 0 Å². The van der Waals surface area contributed by atoms with Gasteiger partial charge in [0.05, 0.1) is 18.7 Å². The van der Waals surface area contributed by atoms with Crippen molar-refractivity contribution in [3.63, 3.8) is 0 Å². The Bertz CT molecular complexity index is 728. The maximum Gasteiger partial charge on any atom is 0.123 e. The lowest BCUT2D eigenvalue weighted by Gasteiger charge is -2.20. The number of nitriles is 1. The molecule has 0 aliphatic rings. The molecule has 0 bridgehead atoms. The van der Waals surface area contributed by atoms with Gasteiger partial charge in [0.15, 0.2) is 0 Å². The summed E-state index contributed by atoms with van der Waals surface area (Å²) in [5.74, 6) is 0.830. The molecule has 0 aliphatic carbocycles. The zero-order valence-electron chi connectivity index (χ0n) is 14.2. The number of aliphatic hydroxyl groups is 1. The Balaban J connectivity index is 1.83. The quantitative estimate of drug-likeness (QED) is 0.770. The van der Waals surface area contributed by atoms with Crippen LogP contribution in [0.15, 0.2) is 42.5 Å². The van der Waals surface area contributed by atoms with Crippen LogP contribution in [-0.2, 0) is 0 Å². The molecular formula is C19H21FN2O3. The van der Waals surface area contributed by atoms with E-state index in [2.05, 4.69) is 5.32 Å². The van der Waals surface area contributed by atoms with Gasteiger partial charge < -0.3 is 19.9 Å². The molecule has 2 aromatic rings. The van der Waals surface area contributed by atoms with Gasteiger partial charge in [-0.1, -0.05) is 0 Å². The molecule has 0 radical (unpaired) electrons. The highest BCUT2D eigenvalue weighted by Gasteiger charge is 2.14. The standard InChI is InChI=1S/C19H21FN2O3/c1-13(18-9-15(20)5-8-19(18)24-2)22-11-16(23)12-25-17-6-3-14(10-21)4-7-17/h3-9,13,16,22-23H,11-12H2,1-2H3. The zero-order valence-corrected chi connectivity index (χ0v) is 14.2. The Morgan fingerprint density at radius 3 is 2.60 bits per heavy atom. The number of rotatable bonds is 8. The third kappa shape index (κ3) is 5.45. The molecule has 0 aliphatic heterocycles. The molecule has 2 rings (SSSR count). The van der Waals surface area contributed by atoms with E-state index in [1.165, 1.54) is 19.2 Å². The van der Waals surface area contributed by atoms with Crippen molar-refractivity contribution in [1.29, 1.82) is 5.26 Å². The van der Waals surface area contributed by atoms with Crippen LogP contribution < -0.4 is 14.8 Å². The first-order valence-electron chi connectivity index (χ1n) is 7.91. The van der Waals surface area contributed by atoms with E-state index in [4.69, 9.17) is 14.7 Å². The van der Waals surface area contributed by atoms with Crippen LogP contribution in [0.1, 0.15) is 24.1 Å². The molecule has 0 spiro atoms. The summed E-state index contributed by atoms with van der Waals surface area (Å²) in [5, 5.41) is 21.9. The maximum atomic E-state index is 13.4. The molecule has 0 fully saturated rings. The van der Waals surface area contributed by atoms with Crippen LogP contribution in [0, 0.1) is 17.1 Å². The molecule has 5 nitrogen and oxygen atoms in total. The number of hydrogen-bond acceptors (Lipinski definition) is 5. The summed E-state index contributed by atoms with van der Waals surface area (Å²) < 4.78 is 24.2. The summed E-state index contributed by atoms with van der Waals surface area (Å²) in [6.07, 6.45) is -0.738. The van der Waals surface area contributed by atoms with Gasteiger partial charge in [-0.25, -0.2) is 4.39 Å². The molecule has 2 unspecified atom stereocenters. The topological polar surface area (TPSA) is 74.5 Å². The lowest BCUT2D eigenvalue weighted by Crippen LogP contribution is -2.33. The van der Waals surface area contributed by atoms with E-state index in [0.29, 0.717) is 22.6 Å². The lowest BCUT2D eigenvalue weighted by atomic mass is 10.1. The Morgan fingerprint density at radius 1 is 1.24 bits per heavy atom. The Morgan fingerprint density at radius 2 is 1.96 bits per heavy atom. The van der Waals surface area contributed by atoms with Gasteiger partial charge in [0.1, 0.15) is 30.0 Å². The zero-order chi connectivity index (χ0) is 18.2. The van der Waals surface area contributed by atoms with Crippen molar-refractivity contribution in [3.8, 4) is 17.6 Å². The Kier molecular flexibility index (Phi) is 6.75. The van der Waals surface area contributed by atoms with E-state index in [1.54, 1.807) is 30.3 Å². The molecule has 132 valence electrons. The summed E-state index contributed by atoms with van der Waals surface area (Å²) in [6.45, 7) is 2.24. The predicted octanol–water partition coefficient (Wildman–Crippen LogP) is 2.80. The van der Waals surface area contributed by atoms with Gasteiger partial charge in [-0.05, 0) is 49.4 Å². The number of nitrogens with zero attached hydrogens (tertiary/aromatic N) is 1. The van der Waals surface area contributed by atoms with Gasteiger partial charge in [-0.2, -0.15) is 5.26 Å². The highest BCUT2D eigenvalue weighted by Crippen LogP contribution is 2.25. The van der Waals surface area contributed by atoms with E-state index in [-0.39, 0.29) is 25.0 Å². The first kappa shape index (κ1) is 18.7. The van der Waals surface area contributed by atoms with Gasteiger partial charge in [-0.15, -0.1) is 0 Å². The van der Waals surface area contributed by atoms with Gasteiger partial charge >= 0.3 is 0 Å². The molecular weight excluding hydrogens is 323 g/mol. The smallest absolute Gasteiger partial charge is 0.123 e. The minimum absolute atomic E-state index is 0.103. The molecule has 6 heteroatoms. The van der Waals surface area contributed by atoms with E-state index >= 15 is 0 Å². The number of benzene rings is 2. The van der Waals surface area contributed by atoms with Gasteiger partial charge in [0, 0.05) is 18.2 Å². The first-order valence-corrected chi connectivity index (χ1v) is 7.91. The third-order valence-corrected chi connectivity index (χ3v) is 3.74. The molecule has 25 heavy (non-hydrogen) atoms. The lowest BCUT2D eigenvalue weighted by molar-refractivity contribution is 0.104. The second kappa shape index (κ2) is 9.02. The molecule has 0 amide bonds. The van der Waals surface area contributed by atoms with E-state index in [1.807, 2.05) is 13.0 Å². The van der Waals surface area contributed by atoms with Gasteiger partial charge in [0.2, 0.25) is 0 Å². The number of methoxy groups -OCH3 is 1. The summed E-state index contributed by atoms with van der Waals surface area (Å²) in [4.78, 5) is 0. The number of hydrogen-bond donors (Lipinski definition) is 2. The fourth-order valence-electron chi connectivity index (χ4n) is 2.34. The van der Waals surface area contributed by atoms with Crippen LogP contribution in [0.2, 0.25) is 0 Å². The average Bonchev–Trinajstić information content (AvgIpc) is 2.64. The summed E-state index contributed by atoms with van der Waals surface area (Å²) in [5.41, 5.74) is 1.23. The molecule has 2 N–H and O–H groups in total. The highest BCUT2D eigenvalue weighted by molar-refractivity contribution is 5.36. The molecule has 0 heterocycles. The molecule has 0 saturated heterocycles. The Labute approximate surface area is 146 Å². The first-order chi connectivity index (χ1) is 12.0. The number of nitrogens with one attached hydrogen (secondary N) is 1. The number of ether oxygens (including phenoxy) is 2. The normalized spacial score (nSPS) is 12.9. The molecule has 0 saturated carbocycles. The SMILES string of the molecule is COc1ccc(F)cc1C(C)NCC(O)COc1ccc(C#N)cc1. The number of halogens is 1. The van der Waals surface area contributed by atoms with Crippen molar-refractivity contribution in [3.05, 3.63) is 59.4 Å². The van der Waals surface area contributed by atoms with E-state index in [0.717, 1.165) is 0 Å². The largest absolute Gasteiger partial charge is 0.496 e. The molecule has 2 atom stereocenters. The summed E-state index contributed by atoms with van der Waals surface area (Å²) in [7, 11) is 1.53. The summed E-state index contributed by atoms with van der Waals surface area (Å²) in [6, 6.07) is 12.8. The molecule has 0 aromatic heterocycles. The van der Waals surface area contributed by atoms with Crippen LogP contribution in [0.5, 0.6) is 11.5 Å². The van der Waals surface area contributed by atoms with Crippen LogP contribution in [0.4, 0.5) is 4.39 Å². The van der Waals surface area contributed by atoms with E-state index < -0.39 is 6.10 Å². The van der Waals surface area contributed by atoms with Crippen molar-refractivity contribution in [2.45, 2.75) is 19.1 Å². The van der Waals surface area contributed by atoms with Crippen LogP contribution in [0.25, 0.3) is 0 Å². The van der Waals surface area contributed by atoms with Crippen LogP contribution in [-0.4, -0.2) is 31.5 Å². The van der Waals surface area contributed by atoms with Crippen molar-refractivity contribution >= 4 is 0 Å². The van der Waals surface area contributed by atoms with Gasteiger partial charge in [-0.3, -0.25) is 0 Å². The monoisotopic (exact) mass is 344 g/mol. The maximum absolute atomic E-state index is 13.4. The Hall–Kier alpha value is -2.62. The fourth-order valence-corrected chi connectivity index (χ4v) is 2.34. The third-order valence-electron chi connectivity index (χ3n) is 3.74. The fraction of sp³-hybridized carbons (Fsp3) is 0.316. The minimum atomic E-state index is -0.738. The van der Waals surface area contributed by atoms with Crippen molar-refractivity contribution in [1.82, 2.24) is 5.32 Å². The van der Waals surface area contributed by atoms with Crippen molar-refractivity contribution < 1.29 is 19.0 Å². The second-order valence-electron chi connectivity index (χ2n) is 5.62. The van der Waals surface area contributed by atoms with Crippen molar-refractivity contribution in [2.75, 3.05) is 20.3 Å². The summed E-state index contributed by atoms with van der Waals surface area (Å²) >= 11 is 0. The second-order valence-corrected chi connectivity index (χ2v) is 5.62. The number of aliphatic hydroxyl groups excluding tert-OH is 1. The predicted molar refractivity (Wildman–Crippen MR) is 92.0 cm³/mol. The van der Waals surface area contributed by atoms with Gasteiger partial charge in [0.25, 0.3) is 0 Å². The van der Waals surface area contributed by atoms with Crippen LogP contribution >= 0.6 is 0 Å².